The predicted octanol–water partition coefficient (Wildman–Crippen LogP) is 6.85. The first-order chi connectivity index (χ1) is 11.7. The fourth-order valence-electron chi connectivity index (χ4n) is 2.66. The summed E-state index contributed by atoms with van der Waals surface area (Å²) in [4.78, 5) is 0. The number of halogens is 9. The molecule has 0 atom stereocenters. The smallest absolute Gasteiger partial charge is 0.218 e. The Balaban J connectivity index is 2.97. The van der Waals surface area contributed by atoms with Crippen molar-refractivity contribution in [3.8, 4) is 11.1 Å². The number of hydrogen-bond acceptors (Lipinski definition) is 0. The lowest BCUT2D eigenvalue weighted by atomic mass is 9.83. The van der Waals surface area contributed by atoms with Crippen molar-refractivity contribution < 1.29 is 35.1 Å². The zero-order valence-corrected chi connectivity index (χ0v) is 14.0. The van der Waals surface area contributed by atoms with Crippen LogP contribution in [-0.4, -0.2) is 12.4 Å². The van der Waals surface area contributed by atoms with E-state index in [1.54, 1.807) is 0 Å². The van der Waals surface area contributed by atoms with E-state index < -0.39 is 40.0 Å². The maximum absolute atomic E-state index is 14.7. The Morgan fingerprint density at radius 2 is 1.42 bits per heavy atom. The summed E-state index contributed by atoms with van der Waals surface area (Å²) in [6, 6.07) is 5.36. The summed E-state index contributed by atoms with van der Waals surface area (Å²) in [7, 11) is 0. The zero-order valence-electron chi connectivity index (χ0n) is 13.2. The molecule has 0 unspecified atom stereocenters. The molecule has 2 aromatic carbocycles. The van der Waals surface area contributed by atoms with Crippen LogP contribution in [0, 0.1) is 25.7 Å². The van der Waals surface area contributed by atoms with E-state index in [9.17, 15) is 35.1 Å². The average Bonchev–Trinajstić information content (AvgIpc) is 2.44. The second-order valence-corrected chi connectivity index (χ2v) is 6.05. The van der Waals surface area contributed by atoms with E-state index in [1.807, 2.05) is 0 Å². The minimum atomic E-state index is -6.28. The molecule has 141 valence electrons. The number of benzene rings is 2. The predicted molar refractivity (Wildman–Crippen MR) is 80.1 cm³/mol. The van der Waals surface area contributed by atoms with Crippen LogP contribution in [-0.2, 0) is 5.67 Å². The Hall–Kier alpha value is -1.83. The van der Waals surface area contributed by atoms with Crippen LogP contribution in [0.25, 0.3) is 11.1 Å². The minimum absolute atomic E-state index is 0.130. The second kappa shape index (κ2) is 6.40. The third kappa shape index (κ3) is 3.26. The maximum atomic E-state index is 14.7. The van der Waals surface area contributed by atoms with E-state index in [4.69, 9.17) is 11.6 Å². The molecule has 0 aliphatic rings. The van der Waals surface area contributed by atoms with Crippen molar-refractivity contribution in [3.05, 3.63) is 57.9 Å². The highest BCUT2D eigenvalue weighted by Gasteiger charge is 2.74. The molecule has 0 N–H and O–H groups in total. The van der Waals surface area contributed by atoms with Gasteiger partial charge in [-0.1, -0.05) is 17.7 Å². The molecule has 1 radical (unpaired) electrons. The molecule has 0 bridgehead atoms. The van der Waals surface area contributed by atoms with E-state index >= 15 is 0 Å². The van der Waals surface area contributed by atoms with Gasteiger partial charge in [0.15, 0.2) is 0 Å². The van der Waals surface area contributed by atoms with Gasteiger partial charge in [0.1, 0.15) is 5.82 Å². The summed E-state index contributed by atoms with van der Waals surface area (Å²) in [5.74, 6) is -0.854. The lowest BCUT2D eigenvalue weighted by Gasteiger charge is -2.33. The first-order valence-electron chi connectivity index (χ1n) is 7.02. The van der Waals surface area contributed by atoms with E-state index in [0.717, 1.165) is 12.1 Å². The Morgan fingerprint density at radius 1 is 0.885 bits per heavy atom. The van der Waals surface area contributed by atoms with E-state index in [-0.39, 0.29) is 16.7 Å². The van der Waals surface area contributed by atoms with Crippen molar-refractivity contribution in [1.29, 1.82) is 0 Å². The van der Waals surface area contributed by atoms with Gasteiger partial charge in [-0.2, -0.15) is 26.3 Å². The first kappa shape index (κ1) is 20.5. The molecule has 0 heterocycles. The molecule has 2 aromatic rings. The van der Waals surface area contributed by atoms with Crippen molar-refractivity contribution in [1.82, 2.24) is 0 Å². The van der Waals surface area contributed by atoms with Crippen LogP contribution >= 0.6 is 11.6 Å². The highest BCUT2D eigenvalue weighted by Crippen LogP contribution is 2.56. The number of aryl methyl sites for hydroxylation is 2. The summed E-state index contributed by atoms with van der Waals surface area (Å²) in [6.45, 7) is 2.35. The fourth-order valence-corrected chi connectivity index (χ4v) is 2.92. The first-order valence-corrected chi connectivity index (χ1v) is 7.39. The minimum Gasteiger partial charge on any atom is -0.218 e. The van der Waals surface area contributed by atoms with E-state index in [0.29, 0.717) is 12.1 Å². The third-order valence-electron chi connectivity index (χ3n) is 3.74. The van der Waals surface area contributed by atoms with Gasteiger partial charge >= 0.3 is 18.0 Å². The van der Waals surface area contributed by atoms with Crippen molar-refractivity contribution in [3.63, 3.8) is 0 Å². The summed E-state index contributed by atoms with van der Waals surface area (Å²) >= 11 is 5.79. The highest BCUT2D eigenvalue weighted by molar-refractivity contribution is 6.33. The quantitative estimate of drug-likeness (QED) is 0.483. The van der Waals surface area contributed by atoms with Crippen LogP contribution < -0.4 is 0 Å². The Morgan fingerprint density at radius 3 is 1.88 bits per heavy atom. The van der Waals surface area contributed by atoms with Crippen molar-refractivity contribution in [2.75, 3.05) is 0 Å². The molecule has 0 aromatic heterocycles. The third-order valence-corrected chi connectivity index (χ3v) is 4.06. The molecule has 26 heavy (non-hydrogen) atoms. The van der Waals surface area contributed by atoms with Crippen molar-refractivity contribution in [2.24, 2.45) is 0 Å². The number of rotatable bonds is 2. The van der Waals surface area contributed by atoms with Crippen molar-refractivity contribution in [2.45, 2.75) is 31.9 Å². The fraction of sp³-hybridized carbons (Fsp3) is 0.294. The molecule has 0 aliphatic heterocycles. The molecular formula is C17H10ClF8. The molecule has 0 amide bonds. The standard InChI is InChI=1S/C17H10ClF8/c1-8-5-9(2)14(11-4-3-10(19)7-13(11)18)12(6-8)15(20,16(21,22)23)17(24,25)26/h3-4,6-7H,1-2H3. The molecule has 0 fully saturated rings. The molecular weight excluding hydrogens is 392 g/mol. The zero-order chi connectivity index (χ0) is 20.1. The van der Waals surface area contributed by atoms with Crippen LogP contribution in [0.2, 0.25) is 5.02 Å². The summed E-state index contributed by atoms with van der Waals surface area (Å²) < 4.78 is 107. The molecule has 0 saturated heterocycles. The Bertz CT molecular complexity index is 822. The van der Waals surface area contributed by atoms with Gasteiger partial charge < -0.3 is 0 Å². The average molecular weight is 402 g/mol. The van der Waals surface area contributed by atoms with Gasteiger partial charge in [-0.05, 0) is 54.8 Å². The lowest BCUT2D eigenvalue weighted by Crippen LogP contribution is -2.50. The molecule has 0 nitrogen and oxygen atoms in total. The van der Waals surface area contributed by atoms with Gasteiger partial charge in [-0.25, -0.2) is 8.78 Å². The molecule has 9 heteroatoms. The van der Waals surface area contributed by atoms with Gasteiger partial charge in [-0.15, -0.1) is 0 Å². The van der Waals surface area contributed by atoms with E-state index in [2.05, 4.69) is 6.07 Å². The molecule has 2 rings (SSSR count). The molecule has 0 aliphatic carbocycles. The Labute approximate surface area is 148 Å². The largest absolute Gasteiger partial charge is 0.435 e. The lowest BCUT2D eigenvalue weighted by molar-refractivity contribution is -0.348. The summed E-state index contributed by atoms with van der Waals surface area (Å²) in [5, 5.41) is -0.460. The van der Waals surface area contributed by atoms with Crippen LogP contribution in [0.1, 0.15) is 16.7 Å². The van der Waals surface area contributed by atoms with Crippen molar-refractivity contribution >= 4 is 11.6 Å². The molecule has 0 spiro atoms. The summed E-state index contributed by atoms with van der Waals surface area (Å²) in [5.41, 5.74) is -8.73. The van der Waals surface area contributed by atoms with Gasteiger partial charge in [0.2, 0.25) is 0 Å². The van der Waals surface area contributed by atoms with Gasteiger partial charge in [0.05, 0.1) is 5.02 Å². The van der Waals surface area contributed by atoms with Crippen LogP contribution in [0.4, 0.5) is 35.1 Å². The number of alkyl halides is 7. The van der Waals surface area contributed by atoms with Crippen LogP contribution in [0.5, 0.6) is 0 Å². The van der Waals surface area contributed by atoms with Crippen LogP contribution in [0.3, 0.4) is 0 Å². The highest BCUT2D eigenvalue weighted by atomic mass is 35.5. The normalized spacial score (nSPS) is 13.2. The number of hydrogen-bond donors (Lipinski definition) is 0. The van der Waals surface area contributed by atoms with Gasteiger partial charge in [-0.3, -0.25) is 0 Å². The van der Waals surface area contributed by atoms with Gasteiger partial charge in [0.25, 0.3) is 0 Å². The Kier molecular flexibility index (Phi) is 5.04. The molecule has 0 saturated carbocycles. The SMILES string of the molecule is Cc1[c]c(C)c(-c2ccc(F)cc2Cl)c(C(F)(C(F)(F)F)C(F)(F)F)c1. The topological polar surface area (TPSA) is 0 Å². The van der Waals surface area contributed by atoms with E-state index in [1.165, 1.54) is 13.8 Å². The van der Waals surface area contributed by atoms with Gasteiger partial charge in [0, 0.05) is 11.1 Å². The maximum Gasteiger partial charge on any atom is 0.435 e. The second-order valence-electron chi connectivity index (χ2n) is 5.64. The monoisotopic (exact) mass is 401 g/mol. The van der Waals surface area contributed by atoms with Crippen LogP contribution in [0.15, 0.2) is 24.3 Å². The summed E-state index contributed by atoms with van der Waals surface area (Å²) in [6.07, 6.45) is -12.6.